The van der Waals surface area contributed by atoms with Crippen LogP contribution < -0.4 is 0 Å². The minimum atomic E-state index is 0.727. The number of allylic oxidation sites excluding steroid dienone is 1. The first-order chi connectivity index (χ1) is 14.4. The van der Waals surface area contributed by atoms with Crippen molar-refractivity contribution in [2.45, 2.75) is 38.0 Å². The first-order valence-corrected chi connectivity index (χ1v) is 11.0. The zero-order valence-corrected chi connectivity index (χ0v) is 17.0. The molecule has 0 bridgehead atoms. The van der Waals surface area contributed by atoms with Crippen molar-refractivity contribution in [1.82, 2.24) is 14.7 Å². The number of nitrogens with zero attached hydrogens (tertiary/aromatic N) is 3. The third-order valence-electron chi connectivity index (χ3n) is 6.53. The lowest BCUT2D eigenvalue weighted by atomic mass is 9.89. The minimum Gasteiger partial charge on any atom is -0.300 e. The minimum absolute atomic E-state index is 0.727. The summed E-state index contributed by atoms with van der Waals surface area (Å²) in [5.41, 5.74) is 6.89. The van der Waals surface area contributed by atoms with Crippen LogP contribution in [-0.4, -0.2) is 34.3 Å². The van der Waals surface area contributed by atoms with Gasteiger partial charge in [-0.3, -0.25) is 4.90 Å². The van der Waals surface area contributed by atoms with Crippen molar-refractivity contribution in [2.75, 3.05) is 19.6 Å². The van der Waals surface area contributed by atoms with Crippen LogP contribution in [0.2, 0.25) is 0 Å². The smallest absolute Gasteiger partial charge is 0.0649 e. The Kier molecular flexibility index (Phi) is 5.31. The maximum Gasteiger partial charge on any atom is 0.0649 e. The monoisotopic (exact) mass is 383 g/mol. The summed E-state index contributed by atoms with van der Waals surface area (Å²) >= 11 is 0. The van der Waals surface area contributed by atoms with Crippen LogP contribution in [0.25, 0.3) is 11.3 Å². The lowest BCUT2D eigenvalue weighted by Gasteiger charge is -2.31. The second kappa shape index (κ2) is 8.38. The lowest BCUT2D eigenvalue weighted by molar-refractivity contribution is 0.232. The van der Waals surface area contributed by atoms with Gasteiger partial charge in [-0.15, -0.1) is 0 Å². The fourth-order valence-electron chi connectivity index (χ4n) is 4.88. The fourth-order valence-corrected chi connectivity index (χ4v) is 4.88. The summed E-state index contributed by atoms with van der Waals surface area (Å²) in [6.45, 7) is 3.45. The second-order valence-corrected chi connectivity index (χ2v) is 8.32. The zero-order chi connectivity index (χ0) is 19.5. The number of rotatable bonds is 4. The normalized spacial score (nSPS) is 19.4. The Hall–Kier alpha value is -2.65. The summed E-state index contributed by atoms with van der Waals surface area (Å²) in [7, 11) is 0. The molecule has 1 aliphatic carbocycles. The molecule has 3 heteroatoms. The molecule has 5 rings (SSSR count). The van der Waals surface area contributed by atoms with E-state index in [0.29, 0.717) is 0 Å². The number of likely N-dealkylation sites (tertiary alicyclic amines) is 1. The van der Waals surface area contributed by atoms with Crippen molar-refractivity contribution in [3.05, 3.63) is 89.8 Å². The predicted octanol–water partition coefficient (Wildman–Crippen LogP) is 5.47. The highest BCUT2D eigenvalue weighted by molar-refractivity contribution is 5.69. The molecule has 148 valence electrons. The van der Waals surface area contributed by atoms with E-state index in [9.17, 15) is 0 Å². The van der Waals surface area contributed by atoms with E-state index in [-0.39, 0.29) is 0 Å². The Morgan fingerprint density at radius 1 is 0.897 bits per heavy atom. The third-order valence-corrected chi connectivity index (χ3v) is 6.53. The second-order valence-electron chi connectivity index (χ2n) is 8.32. The predicted molar refractivity (Wildman–Crippen MR) is 119 cm³/mol. The van der Waals surface area contributed by atoms with Gasteiger partial charge in [-0.1, -0.05) is 54.6 Å². The van der Waals surface area contributed by atoms with Crippen LogP contribution in [-0.2, 0) is 6.42 Å². The summed E-state index contributed by atoms with van der Waals surface area (Å²) < 4.78 is 2.13. The van der Waals surface area contributed by atoms with Crippen molar-refractivity contribution >= 4 is 5.57 Å². The van der Waals surface area contributed by atoms with E-state index in [1.54, 1.807) is 0 Å². The molecule has 2 aliphatic rings. The maximum atomic E-state index is 4.72. The van der Waals surface area contributed by atoms with Gasteiger partial charge in [0.1, 0.15) is 0 Å². The number of piperidine rings is 1. The molecule has 0 saturated carbocycles. The summed E-state index contributed by atoms with van der Waals surface area (Å²) in [5, 5.41) is 4.72. The SMILES string of the molecule is C(/CN1CCC(c2ccccc2)CC1)=C1\CCCc2c1cnn2-c1ccccc1. The molecule has 29 heavy (non-hydrogen) atoms. The molecule has 2 heterocycles. The lowest BCUT2D eigenvalue weighted by Crippen LogP contribution is -2.33. The van der Waals surface area contributed by atoms with Gasteiger partial charge in [0.2, 0.25) is 0 Å². The maximum absolute atomic E-state index is 4.72. The van der Waals surface area contributed by atoms with Crippen LogP contribution in [0.3, 0.4) is 0 Å². The third kappa shape index (κ3) is 3.92. The van der Waals surface area contributed by atoms with Gasteiger partial charge in [0.25, 0.3) is 0 Å². The molecule has 0 atom stereocenters. The van der Waals surface area contributed by atoms with Crippen molar-refractivity contribution in [3.63, 3.8) is 0 Å². The molecule has 0 N–H and O–H groups in total. The van der Waals surface area contributed by atoms with Crippen LogP contribution >= 0.6 is 0 Å². The molecule has 1 aromatic heterocycles. The van der Waals surface area contributed by atoms with Gasteiger partial charge in [0, 0.05) is 12.1 Å². The van der Waals surface area contributed by atoms with Gasteiger partial charge >= 0.3 is 0 Å². The van der Waals surface area contributed by atoms with E-state index in [0.717, 1.165) is 24.6 Å². The molecule has 3 nitrogen and oxygen atoms in total. The Labute approximate surface area is 173 Å². The first-order valence-electron chi connectivity index (χ1n) is 11.0. The molecular formula is C26H29N3. The average Bonchev–Trinajstić information content (AvgIpc) is 3.24. The molecule has 3 aromatic rings. The van der Waals surface area contributed by atoms with Crippen LogP contribution in [0.1, 0.15) is 48.4 Å². The van der Waals surface area contributed by atoms with Gasteiger partial charge in [-0.05, 0) is 74.4 Å². The van der Waals surface area contributed by atoms with Crippen molar-refractivity contribution in [3.8, 4) is 5.69 Å². The number of para-hydroxylation sites is 1. The molecule has 0 amide bonds. The van der Waals surface area contributed by atoms with Crippen molar-refractivity contribution < 1.29 is 0 Å². The van der Waals surface area contributed by atoms with Crippen LogP contribution in [0.15, 0.2) is 72.9 Å². The molecule has 0 radical (unpaired) electrons. The van der Waals surface area contributed by atoms with E-state index >= 15 is 0 Å². The Balaban J connectivity index is 1.26. The number of aromatic nitrogens is 2. The molecule has 1 saturated heterocycles. The highest BCUT2D eigenvalue weighted by Gasteiger charge is 2.22. The highest BCUT2D eigenvalue weighted by atomic mass is 15.3. The average molecular weight is 384 g/mol. The number of benzene rings is 2. The van der Waals surface area contributed by atoms with E-state index in [4.69, 9.17) is 5.10 Å². The Bertz CT molecular complexity index is 964. The largest absolute Gasteiger partial charge is 0.300 e. The summed E-state index contributed by atoms with van der Waals surface area (Å²) in [6.07, 6.45) is 10.6. The standard InChI is InChI=1S/C26H29N3/c1-3-8-21(9-4-1)22-14-17-28(18-15-22)19-16-23-10-7-13-26-25(23)20-27-29(26)24-11-5-2-6-12-24/h1-6,8-9,11-12,16,20,22H,7,10,13-15,17-19H2/b23-16-. The molecule has 1 fully saturated rings. The zero-order valence-electron chi connectivity index (χ0n) is 17.0. The van der Waals surface area contributed by atoms with Crippen molar-refractivity contribution in [2.24, 2.45) is 0 Å². The quantitative estimate of drug-likeness (QED) is 0.595. The number of hydrogen-bond donors (Lipinski definition) is 0. The van der Waals surface area contributed by atoms with Crippen LogP contribution in [0.4, 0.5) is 0 Å². The molecule has 0 spiro atoms. The number of fused-ring (bicyclic) bond motifs is 1. The number of hydrogen-bond acceptors (Lipinski definition) is 2. The van der Waals surface area contributed by atoms with Gasteiger partial charge < -0.3 is 0 Å². The molecule has 0 unspecified atom stereocenters. The summed E-state index contributed by atoms with van der Waals surface area (Å²) in [5.74, 6) is 0.727. The topological polar surface area (TPSA) is 21.1 Å². The first kappa shape index (κ1) is 18.4. The summed E-state index contributed by atoms with van der Waals surface area (Å²) in [6, 6.07) is 21.5. The fraction of sp³-hybridized carbons (Fsp3) is 0.346. The summed E-state index contributed by atoms with van der Waals surface area (Å²) in [4.78, 5) is 2.61. The van der Waals surface area contributed by atoms with Gasteiger partial charge in [0.15, 0.2) is 0 Å². The van der Waals surface area contributed by atoms with E-state index in [2.05, 4.69) is 82.5 Å². The Morgan fingerprint density at radius 2 is 1.62 bits per heavy atom. The van der Waals surface area contributed by atoms with Gasteiger partial charge in [-0.2, -0.15) is 5.10 Å². The molecule has 2 aromatic carbocycles. The molecular weight excluding hydrogens is 354 g/mol. The van der Waals surface area contributed by atoms with Crippen LogP contribution in [0.5, 0.6) is 0 Å². The van der Waals surface area contributed by atoms with E-state index in [1.807, 2.05) is 0 Å². The van der Waals surface area contributed by atoms with E-state index < -0.39 is 0 Å². The molecule has 1 aliphatic heterocycles. The van der Waals surface area contributed by atoms with E-state index in [1.165, 1.54) is 61.2 Å². The Morgan fingerprint density at radius 3 is 2.38 bits per heavy atom. The highest BCUT2D eigenvalue weighted by Crippen LogP contribution is 2.32. The van der Waals surface area contributed by atoms with Gasteiger partial charge in [0.05, 0.1) is 17.6 Å². The van der Waals surface area contributed by atoms with Crippen LogP contribution in [0, 0.1) is 0 Å². The van der Waals surface area contributed by atoms with Crippen molar-refractivity contribution in [1.29, 1.82) is 0 Å². The van der Waals surface area contributed by atoms with Gasteiger partial charge in [-0.25, -0.2) is 4.68 Å².